The zero-order valence-electron chi connectivity index (χ0n) is 15.2. The Hall–Kier alpha value is -1.90. The van der Waals surface area contributed by atoms with Crippen LogP contribution in [0.25, 0.3) is 0 Å². The highest BCUT2D eigenvalue weighted by molar-refractivity contribution is 9.10. The second-order valence-corrected chi connectivity index (χ2v) is 7.71. The van der Waals surface area contributed by atoms with Crippen molar-refractivity contribution >= 4 is 21.7 Å². The lowest BCUT2D eigenvalue weighted by atomic mass is 9.98. The lowest BCUT2D eigenvalue weighted by Crippen LogP contribution is -2.32. The summed E-state index contributed by atoms with van der Waals surface area (Å²) in [4.78, 5) is 24.6. The maximum absolute atomic E-state index is 14.6. The molecule has 8 heteroatoms. The molecule has 0 aliphatic carbocycles. The molecule has 0 radical (unpaired) electrons. The number of aliphatic hydroxyl groups is 1. The average molecular weight is 444 g/mol. The molecule has 0 spiro atoms. The van der Waals surface area contributed by atoms with Gasteiger partial charge in [0.25, 0.3) is 5.56 Å². The summed E-state index contributed by atoms with van der Waals surface area (Å²) in [6.45, 7) is 2.47. The van der Waals surface area contributed by atoms with Crippen LogP contribution >= 0.6 is 15.9 Å². The van der Waals surface area contributed by atoms with Crippen molar-refractivity contribution in [3.63, 3.8) is 0 Å². The number of Topliss-reactive ketones (excluding diaryl/α,β-unsaturated/α-hetero) is 1. The second-order valence-electron chi connectivity index (χ2n) is 6.79. The molecular weight excluding hydrogens is 424 g/mol. The van der Waals surface area contributed by atoms with Crippen LogP contribution in [0.5, 0.6) is 0 Å². The molecule has 146 valence electrons. The molecule has 5 nitrogen and oxygen atoms in total. The van der Waals surface area contributed by atoms with Crippen molar-refractivity contribution in [1.29, 1.82) is 0 Å². The minimum Gasteiger partial charge on any atom is -0.393 e. The van der Waals surface area contributed by atoms with E-state index in [1.165, 1.54) is 25.4 Å². The Bertz CT molecular complexity index is 925. The lowest BCUT2D eigenvalue weighted by molar-refractivity contribution is -0.0447. The van der Waals surface area contributed by atoms with Crippen molar-refractivity contribution in [2.45, 2.75) is 25.9 Å². The van der Waals surface area contributed by atoms with Crippen molar-refractivity contribution in [1.82, 2.24) is 4.57 Å². The normalized spacial score (nSPS) is 11.7. The maximum atomic E-state index is 14.6. The number of hydrogen-bond acceptors (Lipinski definition) is 4. The van der Waals surface area contributed by atoms with E-state index in [2.05, 4.69) is 15.9 Å². The minimum atomic E-state index is -1.10. The summed E-state index contributed by atoms with van der Waals surface area (Å²) in [5, 5.41) is 9.22. The third-order valence-corrected chi connectivity index (χ3v) is 4.57. The fraction of sp³-hybridized carbons (Fsp3) is 0.368. The van der Waals surface area contributed by atoms with Crippen molar-refractivity contribution in [3.05, 3.63) is 67.5 Å². The number of carbonyl (C=O) groups is 1. The second kappa shape index (κ2) is 8.41. The number of aromatic nitrogens is 1. The zero-order chi connectivity index (χ0) is 20.4. The highest BCUT2D eigenvalue weighted by Crippen LogP contribution is 2.22. The molecule has 1 heterocycles. The third kappa shape index (κ3) is 5.09. The molecule has 2 aromatic rings. The van der Waals surface area contributed by atoms with Crippen LogP contribution in [0.1, 0.15) is 35.3 Å². The van der Waals surface area contributed by atoms with Gasteiger partial charge in [-0.1, -0.05) is 22.0 Å². The van der Waals surface area contributed by atoms with E-state index in [9.17, 15) is 23.5 Å². The first-order valence-electron chi connectivity index (χ1n) is 8.15. The number of rotatable bonds is 7. The fourth-order valence-electron chi connectivity index (χ4n) is 2.39. The average Bonchev–Trinajstić information content (AvgIpc) is 2.61. The monoisotopic (exact) mass is 443 g/mol. The number of pyridine rings is 1. The number of carbonyl (C=O) groups excluding carboxylic acids is 1. The van der Waals surface area contributed by atoms with E-state index in [1.54, 1.807) is 19.9 Å². The molecule has 1 aromatic carbocycles. The van der Waals surface area contributed by atoms with E-state index in [1.807, 2.05) is 0 Å². The molecule has 0 amide bonds. The minimum absolute atomic E-state index is 0.0642. The Morgan fingerprint density at radius 1 is 1.33 bits per heavy atom. The summed E-state index contributed by atoms with van der Waals surface area (Å²) in [6.07, 6.45) is 0.959. The molecule has 2 rings (SSSR count). The van der Waals surface area contributed by atoms with Crippen molar-refractivity contribution in [3.8, 4) is 0 Å². The SMILES string of the molecule is Cn1cc(C(=O)COC(C)(C)CO)c(Cc2ccc(Br)cc2F)c(F)c1=O. The molecule has 0 bridgehead atoms. The van der Waals surface area contributed by atoms with Crippen molar-refractivity contribution in [2.24, 2.45) is 7.05 Å². The number of benzene rings is 1. The van der Waals surface area contributed by atoms with E-state index in [4.69, 9.17) is 4.74 Å². The Balaban J connectivity index is 2.45. The number of aliphatic hydroxyl groups excluding tert-OH is 1. The third-order valence-electron chi connectivity index (χ3n) is 4.08. The number of aryl methyl sites for hydroxylation is 1. The number of ether oxygens (including phenoxy) is 1. The van der Waals surface area contributed by atoms with Gasteiger partial charge in [-0.05, 0) is 31.5 Å². The van der Waals surface area contributed by atoms with Crippen LogP contribution in [-0.4, -0.2) is 34.3 Å². The van der Waals surface area contributed by atoms with Gasteiger partial charge in [0.2, 0.25) is 0 Å². The molecule has 0 fully saturated rings. The first kappa shape index (κ1) is 21.4. The highest BCUT2D eigenvalue weighted by Gasteiger charge is 2.24. The van der Waals surface area contributed by atoms with Crippen molar-refractivity contribution in [2.75, 3.05) is 13.2 Å². The Kier molecular flexibility index (Phi) is 6.67. The maximum Gasteiger partial charge on any atom is 0.286 e. The first-order valence-corrected chi connectivity index (χ1v) is 8.95. The molecule has 1 N–H and O–H groups in total. The Labute approximate surface area is 163 Å². The number of ketones is 1. The predicted molar refractivity (Wildman–Crippen MR) is 100.0 cm³/mol. The highest BCUT2D eigenvalue weighted by atomic mass is 79.9. The van der Waals surface area contributed by atoms with Crippen LogP contribution < -0.4 is 5.56 Å². The lowest BCUT2D eigenvalue weighted by Gasteiger charge is -2.22. The smallest absolute Gasteiger partial charge is 0.286 e. The van der Waals surface area contributed by atoms with Crippen LogP contribution in [0, 0.1) is 11.6 Å². The van der Waals surface area contributed by atoms with Crippen LogP contribution in [0.4, 0.5) is 8.78 Å². The van der Waals surface area contributed by atoms with Crippen LogP contribution in [-0.2, 0) is 18.2 Å². The summed E-state index contributed by atoms with van der Waals surface area (Å²) < 4.78 is 35.6. The van der Waals surface area contributed by atoms with E-state index < -0.39 is 35.2 Å². The van der Waals surface area contributed by atoms with E-state index >= 15 is 0 Å². The molecule has 0 unspecified atom stereocenters. The number of hydrogen-bond donors (Lipinski definition) is 1. The summed E-state index contributed by atoms with van der Waals surface area (Å²) in [5.74, 6) is -2.26. The predicted octanol–water partition coefficient (Wildman–Crippen LogP) is 2.99. The molecule has 0 aliphatic rings. The van der Waals surface area contributed by atoms with Gasteiger partial charge in [-0.2, -0.15) is 0 Å². The summed E-state index contributed by atoms with van der Waals surface area (Å²) in [7, 11) is 1.32. The zero-order valence-corrected chi connectivity index (χ0v) is 16.8. The van der Waals surface area contributed by atoms with Gasteiger partial charge in [0, 0.05) is 35.3 Å². The van der Waals surface area contributed by atoms with Gasteiger partial charge in [-0.3, -0.25) is 9.59 Å². The van der Waals surface area contributed by atoms with Gasteiger partial charge < -0.3 is 14.4 Å². The van der Waals surface area contributed by atoms with E-state index in [0.717, 1.165) is 4.57 Å². The summed E-state index contributed by atoms with van der Waals surface area (Å²) in [6, 6.07) is 4.27. The molecule has 1 aromatic heterocycles. The van der Waals surface area contributed by atoms with Gasteiger partial charge in [0.1, 0.15) is 12.4 Å². The molecule has 0 aliphatic heterocycles. The van der Waals surface area contributed by atoms with E-state index in [-0.39, 0.29) is 29.7 Å². The Morgan fingerprint density at radius 3 is 2.59 bits per heavy atom. The molecular formula is C19H20BrF2NO4. The van der Waals surface area contributed by atoms with Gasteiger partial charge in [0.15, 0.2) is 11.6 Å². The molecule has 27 heavy (non-hydrogen) atoms. The molecule has 0 atom stereocenters. The van der Waals surface area contributed by atoms with Gasteiger partial charge >= 0.3 is 0 Å². The standard InChI is InChI=1S/C19H20BrF2NO4/c1-19(2,10-24)27-9-16(25)14-8-23(3)18(26)17(22)13(14)6-11-4-5-12(20)7-15(11)21/h4-5,7-8,24H,6,9-10H2,1-3H3. The Morgan fingerprint density at radius 2 is 2.00 bits per heavy atom. The molecule has 0 saturated carbocycles. The topological polar surface area (TPSA) is 68.5 Å². The van der Waals surface area contributed by atoms with Crippen LogP contribution in [0.15, 0.2) is 33.7 Å². The quantitative estimate of drug-likeness (QED) is 0.667. The van der Waals surface area contributed by atoms with Gasteiger partial charge in [-0.25, -0.2) is 8.78 Å². The largest absolute Gasteiger partial charge is 0.393 e. The van der Waals surface area contributed by atoms with Crippen LogP contribution in [0.3, 0.4) is 0 Å². The number of nitrogens with zero attached hydrogens (tertiary/aromatic N) is 1. The van der Waals surface area contributed by atoms with Crippen LogP contribution in [0.2, 0.25) is 0 Å². The number of halogens is 3. The van der Waals surface area contributed by atoms with E-state index in [0.29, 0.717) is 4.47 Å². The molecule has 0 saturated heterocycles. The summed E-state index contributed by atoms with van der Waals surface area (Å²) >= 11 is 3.14. The summed E-state index contributed by atoms with van der Waals surface area (Å²) in [5.41, 5.74) is -1.96. The first-order chi connectivity index (χ1) is 12.6. The fourth-order valence-corrected chi connectivity index (χ4v) is 2.72. The van der Waals surface area contributed by atoms with Gasteiger partial charge in [0.05, 0.1) is 12.2 Å². The van der Waals surface area contributed by atoms with Gasteiger partial charge in [-0.15, -0.1) is 0 Å². The van der Waals surface area contributed by atoms with Crippen molar-refractivity contribution < 1.29 is 23.4 Å².